The van der Waals surface area contributed by atoms with E-state index in [1.54, 1.807) is 0 Å². The van der Waals surface area contributed by atoms with E-state index in [9.17, 15) is 18.4 Å². The van der Waals surface area contributed by atoms with Gasteiger partial charge in [-0.15, -0.1) is 0 Å². The summed E-state index contributed by atoms with van der Waals surface area (Å²) in [4.78, 5) is 22.2. The van der Waals surface area contributed by atoms with Gasteiger partial charge < -0.3 is 15.7 Å². The first-order valence-electron chi connectivity index (χ1n) is 6.13. The summed E-state index contributed by atoms with van der Waals surface area (Å²) in [5.41, 5.74) is -1.01. The van der Waals surface area contributed by atoms with E-state index in [1.807, 2.05) is 6.92 Å². The predicted molar refractivity (Wildman–Crippen MR) is 69.7 cm³/mol. The fourth-order valence-electron chi connectivity index (χ4n) is 1.52. The van der Waals surface area contributed by atoms with Crippen LogP contribution in [0.3, 0.4) is 0 Å². The zero-order chi connectivity index (χ0) is 15.3. The molecule has 0 radical (unpaired) electrons. The van der Waals surface area contributed by atoms with Crippen molar-refractivity contribution in [3.05, 3.63) is 29.3 Å². The molecule has 1 rings (SSSR count). The molecule has 0 aliphatic carbocycles. The SMILES string of the molecule is CCCNC(=O)C(C)Nc1c(F)cc(C(=O)O)cc1F. The Kier molecular flexibility index (Phi) is 5.42. The largest absolute Gasteiger partial charge is 0.478 e. The lowest BCUT2D eigenvalue weighted by molar-refractivity contribution is -0.121. The number of hydrogen-bond acceptors (Lipinski definition) is 3. The first-order valence-corrected chi connectivity index (χ1v) is 6.13. The number of aromatic carboxylic acids is 1. The lowest BCUT2D eigenvalue weighted by Crippen LogP contribution is -2.38. The Morgan fingerprint density at radius 1 is 1.30 bits per heavy atom. The molecule has 1 unspecified atom stereocenters. The number of amides is 1. The molecular formula is C13H16F2N2O3. The van der Waals surface area contributed by atoms with Gasteiger partial charge in [-0.2, -0.15) is 0 Å². The van der Waals surface area contributed by atoms with Crippen LogP contribution in [0.5, 0.6) is 0 Å². The second-order valence-corrected chi connectivity index (χ2v) is 4.28. The molecule has 20 heavy (non-hydrogen) atoms. The summed E-state index contributed by atoms with van der Waals surface area (Å²) in [5, 5.41) is 13.7. The van der Waals surface area contributed by atoms with Gasteiger partial charge in [0.2, 0.25) is 5.91 Å². The summed E-state index contributed by atoms with van der Waals surface area (Å²) in [6.07, 6.45) is 0.745. The van der Waals surface area contributed by atoms with Crippen LogP contribution in [-0.4, -0.2) is 29.6 Å². The summed E-state index contributed by atoms with van der Waals surface area (Å²) >= 11 is 0. The monoisotopic (exact) mass is 286 g/mol. The second kappa shape index (κ2) is 6.83. The van der Waals surface area contributed by atoms with Crippen molar-refractivity contribution < 1.29 is 23.5 Å². The molecule has 0 aromatic heterocycles. The van der Waals surface area contributed by atoms with Gasteiger partial charge in [-0.1, -0.05) is 6.92 Å². The minimum Gasteiger partial charge on any atom is -0.478 e. The van der Waals surface area contributed by atoms with Gasteiger partial charge in [0.25, 0.3) is 0 Å². The van der Waals surface area contributed by atoms with Crippen LogP contribution >= 0.6 is 0 Å². The first-order chi connectivity index (χ1) is 9.36. The fourth-order valence-corrected chi connectivity index (χ4v) is 1.52. The fraction of sp³-hybridized carbons (Fsp3) is 0.385. The lowest BCUT2D eigenvalue weighted by Gasteiger charge is -2.16. The molecule has 0 saturated carbocycles. The van der Waals surface area contributed by atoms with Crippen LogP contribution in [0.1, 0.15) is 30.6 Å². The van der Waals surface area contributed by atoms with Crippen LogP contribution in [0.25, 0.3) is 0 Å². The zero-order valence-electron chi connectivity index (χ0n) is 11.2. The number of rotatable bonds is 6. The van der Waals surface area contributed by atoms with Crippen LogP contribution < -0.4 is 10.6 Å². The van der Waals surface area contributed by atoms with Crippen LogP contribution in [0.15, 0.2) is 12.1 Å². The standard InChI is InChI=1S/C13H16F2N2O3/c1-3-4-16-12(18)7(2)17-11-9(14)5-8(13(19)20)6-10(11)15/h5-7,17H,3-4H2,1-2H3,(H,16,18)(H,19,20). The highest BCUT2D eigenvalue weighted by molar-refractivity contribution is 5.88. The summed E-state index contributed by atoms with van der Waals surface area (Å²) < 4.78 is 27.3. The second-order valence-electron chi connectivity index (χ2n) is 4.28. The summed E-state index contributed by atoms with van der Waals surface area (Å²) in [5.74, 6) is -3.94. The van der Waals surface area contributed by atoms with E-state index in [2.05, 4.69) is 10.6 Å². The van der Waals surface area contributed by atoms with Crippen molar-refractivity contribution >= 4 is 17.6 Å². The maximum atomic E-state index is 13.6. The Morgan fingerprint density at radius 3 is 2.30 bits per heavy atom. The minimum absolute atomic E-state index is 0.395. The van der Waals surface area contributed by atoms with Crippen LogP contribution in [0.2, 0.25) is 0 Å². The van der Waals surface area contributed by atoms with Crippen molar-refractivity contribution in [3.8, 4) is 0 Å². The Bertz CT molecular complexity index is 497. The van der Waals surface area contributed by atoms with E-state index in [1.165, 1.54) is 6.92 Å². The van der Waals surface area contributed by atoms with Crippen molar-refractivity contribution in [1.82, 2.24) is 5.32 Å². The number of hydrogen-bond donors (Lipinski definition) is 3. The van der Waals surface area contributed by atoms with Gasteiger partial charge in [-0.3, -0.25) is 4.79 Å². The smallest absolute Gasteiger partial charge is 0.335 e. The molecule has 1 aromatic rings. The number of carbonyl (C=O) groups is 2. The summed E-state index contributed by atoms with van der Waals surface area (Å²) in [7, 11) is 0. The molecule has 3 N–H and O–H groups in total. The molecule has 0 bridgehead atoms. The van der Waals surface area contributed by atoms with Crippen molar-refractivity contribution in [2.75, 3.05) is 11.9 Å². The van der Waals surface area contributed by atoms with Crippen LogP contribution in [-0.2, 0) is 4.79 Å². The zero-order valence-corrected chi connectivity index (χ0v) is 11.2. The van der Waals surface area contributed by atoms with E-state index in [-0.39, 0.29) is 0 Å². The number of benzene rings is 1. The average molecular weight is 286 g/mol. The quantitative estimate of drug-likeness (QED) is 0.747. The molecule has 5 nitrogen and oxygen atoms in total. The van der Waals surface area contributed by atoms with E-state index in [0.717, 1.165) is 6.42 Å². The van der Waals surface area contributed by atoms with Crippen molar-refractivity contribution in [1.29, 1.82) is 0 Å². The topological polar surface area (TPSA) is 78.4 Å². The highest BCUT2D eigenvalue weighted by atomic mass is 19.1. The molecule has 1 atom stereocenters. The lowest BCUT2D eigenvalue weighted by atomic mass is 10.1. The summed E-state index contributed by atoms with van der Waals surface area (Å²) in [6, 6.07) is 0.552. The van der Waals surface area contributed by atoms with Crippen molar-refractivity contribution in [2.24, 2.45) is 0 Å². The molecule has 0 aliphatic heterocycles. The van der Waals surface area contributed by atoms with Gasteiger partial charge in [-0.05, 0) is 25.5 Å². The maximum Gasteiger partial charge on any atom is 0.335 e. The maximum absolute atomic E-state index is 13.6. The Morgan fingerprint density at radius 2 is 1.85 bits per heavy atom. The molecular weight excluding hydrogens is 270 g/mol. The molecule has 7 heteroatoms. The predicted octanol–water partition coefficient (Wildman–Crippen LogP) is 1.99. The van der Waals surface area contributed by atoms with Gasteiger partial charge in [0.05, 0.1) is 5.56 Å². The van der Waals surface area contributed by atoms with Crippen LogP contribution in [0.4, 0.5) is 14.5 Å². The number of carboxylic acids is 1. The Hall–Kier alpha value is -2.18. The number of anilines is 1. The van der Waals surface area contributed by atoms with Crippen molar-refractivity contribution in [2.45, 2.75) is 26.3 Å². The van der Waals surface area contributed by atoms with Gasteiger partial charge in [0.15, 0.2) is 0 Å². The molecule has 0 fully saturated rings. The average Bonchev–Trinajstić information content (AvgIpc) is 2.39. The van der Waals surface area contributed by atoms with Gasteiger partial charge in [0, 0.05) is 6.54 Å². The molecule has 0 spiro atoms. The normalized spacial score (nSPS) is 11.8. The van der Waals surface area contributed by atoms with Gasteiger partial charge >= 0.3 is 5.97 Å². The third-order valence-corrected chi connectivity index (χ3v) is 2.59. The number of carbonyl (C=O) groups excluding carboxylic acids is 1. The number of carboxylic acid groups (broad SMARTS) is 1. The van der Waals surface area contributed by atoms with E-state index in [0.29, 0.717) is 18.7 Å². The highest BCUT2D eigenvalue weighted by Crippen LogP contribution is 2.21. The van der Waals surface area contributed by atoms with E-state index in [4.69, 9.17) is 5.11 Å². The van der Waals surface area contributed by atoms with E-state index >= 15 is 0 Å². The number of nitrogens with one attached hydrogen (secondary N) is 2. The molecule has 0 aliphatic rings. The van der Waals surface area contributed by atoms with Gasteiger partial charge in [-0.25, -0.2) is 13.6 Å². The Labute approximate surface area is 115 Å². The minimum atomic E-state index is -1.43. The molecule has 1 amide bonds. The third-order valence-electron chi connectivity index (χ3n) is 2.59. The molecule has 1 aromatic carbocycles. The van der Waals surface area contributed by atoms with Gasteiger partial charge in [0.1, 0.15) is 23.4 Å². The molecule has 110 valence electrons. The Balaban J connectivity index is 2.87. The van der Waals surface area contributed by atoms with E-state index < -0.39 is 40.8 Å². The molecule has 0 saturated heterocycles. The molecule has 0 heterocycles. The van der Waals surface area contributed by atoms with Crippen LogP contribution in [0, 0.1) is 11.6 Å². The summed E-state index contributed by atoms with van der Waals surface area (Å²) in [6.45, 7) is 3.80. The third kappa shape index (κ3) is 3.91. The van der Waals surface area contributed by atoms with Crippen molar-refractivity contribution in [3.63, 3.8) is 0 Å². The number of halogens is 2. The first kappa shape index (κ1) is 15.9. The highest BCUT2D eigenvalue weighted by Gasteiger charge is 2.19.